The lowest BCUT2D eigenvalue weighted by molar-refractivity contribution is -0.117. The van der Waals surface area contributed by atoms with Gasteiger partial charge in [-0.2, -0.15) is 5.26 Å². The van der Waals surface area contributed by atoms with Crippen molar-refractivity contribution in [1.82, 2.24) is 15.0 Å². The van der Waals surface area contributed by atoms with Gasteiger partial charge >= 0.3 is 0 Å². The first-order valence-corrected chi connectivity index (χ1v) is 11.1. The number of pyridine rings is 1. The summed E-state index contributed by atoms with van der Waals surface area (Å²) < 4.78 is 5.40. The van der Waals surface area contributed by atoms with E-state index in [0.717, 1.165) is 61.8 Å². The van der Waals surface area contributed by atoms with E-state index in [1.54, 1.807) is 18.3 Å². The summed E-state index contributed by atoms with van der Waals surface area (Å²) in [5, 5.41) is 12.4. The van der Waals surface area contributed by atoms with Gasteiger partial charge in [-0.1, -0.05) is 12.1 Å². The molecular formula is C25H24N6O2. The summed E-state index contributed by atoms with van der Waals surface area (Å²) in [6.07, 6.45) is 5.99. The Morgan fingerprint density at radius 2 is 2.00 bits per heavy atom. The van der Waals surface area contributed by atoms with Gasteiger partial charge in [-0.3, -0.25) is 4.79 Å². The highest BCUT2D eigenvalue weighted by atomic mass is 16.5. The second kappa shape index (κ2) is 9.35. The van der Waals surface area contributed by atoms with E-state index in [1.165, 1.54) is 0 Å². The number of ether oxygens (including phenoxy) is 1. The SMILES string of the molecule is N#Cc1cc(-c2ccnc(Cc3ccc(N4CCOCC4)nc3)n2)ccc1NC(=O)C1CC1. The topological polar surface area (TPSA) is 104 Å². The molecule has 0 unspecified atom stereocenters. The number of anilines is 2. The number of hydrogen-bond donors (Lipinski definition) is 1. The van der Waals surface area contributed by atoms with E-state index in [2.05, 4.69) is 32.3 Å². The number of carbonyl (C=O) groups excluding carboxylic acids is 1. The molecule has 1 aromatic carbocycles. The van der Waals surface area contributed by atoms with Gasteiger partial charge in [0, 0.05) is 43.4 Å². The van der Waals surface area contributed by atoms with Crippen LogP contribution in [0.5, 0.6) is 0 Å². The van der Waals surface area contributed by atoms with E-state index >= 15 is 0 Å². The van der Waals surface area contributed by atoms with Gasteiger partial charge in [0.2, 0.25) is 5.91 Å². The Balaban J connectivity index is 1.30. The minimum absolute atomic E-state index is 0.0168. The van der Waals surface area contributed by atoms with Gasteiger partial charge in [0.05, 0.1) is 30.2 Å². The largest absolute Gasteiger partial charge is 0.378 e. The Morgan fingerprint density at radius 3 is 2.73 bits per heavy atom. The van der Waals surface area contributed by atoms with Crippen molar-refractivity contribution in [3.8, 4) is 17.3 Å². The van der Waals surface area contributed by atoms with Crippen LogP contribution in [0.25, 0.3) is 11.3 Å². The number of morpholine rings is 1. The number of rotatable bonds is 6. The number of carbonyl (C=O) groups is 1. The Morgan fingerprint density at radius 1 is 1.15 bits per heavy atom. The molecule has 33 heavy (non-hydrogen) atoms. The standard InChI is InChI=1S/C25H24N6O2/c26-15-20-14-19(4-5-21(20)30-25(32)18-2-3-18)22-7-8-27-23(29-22)13-17-1-6-24(28-16-17)31-9-11-33-12-10-31/h1,4-8,14,16,18H,2-3,9-13H2,(H,30,32). The number of amides is 1. The molecule has 2 fully saturated rings. The maximum atomic E-state index is 12.1. The summed E-state index contributed by atoms with van der Waals surface area (Å²) in [7, 11) is 0. The molecular weight excluding hydrogens is 416 g/mol. The molecule has 0 atom stereocenters. The van der Waals surface area contributed by atoms with Crippen molar-refractivity contribution >= 4 is 17.4 Å². The predicted octanol–water partition coefficient (Wildman–Crippen LogP) is 3.19. The molecule has 1 saturated heterocycles. The zero-order chi connectivity index (χ0) is 22.6. The maximum Gasteiger partial charge on any atom is 0.227 e. The third-order valence-corrected chi connectivity index (χ3v) is 5.85. The molecule has 3 aromatic rings. The van der Waals surface area contributed by atoms with Gasteiger partial charge in [0.15, 0.2) is 0 Å². The Bertz CT molecular complexity index is 1190. The predicted molar refractivity (Wildman–Crippen MR) is 124 cm³/mol. The number of nitrogens with zero attached hydrogens (tertiary/aromatic N) is 5. The second-order valence-corrected chi connectivity index (χ2v) is 8.29. The highest BCUT2D eigenvalue weighted by molar-refractivity contribution is 5.95. The summed E-state index contributed by atoms with van der Waals surface area (Å²) in [4.78, 5) is 28.0. The molecule has 2 aromatic heterocycles. The fourth-order valence-corrected chi connectivity index (χ4v) is 3.81. The number of nitriles is 1. The van der Waals surface area contributed by atoms with Crippen LogP contribution in [-0.4, -0.2) is 47.2 Å². The first kappa shape index (κ1) is 21.0. The zero-order valence-corrected chi connectivity index (χ0v) is 18.2. The van der Waals surface area contributed by atoms with Crippen molar-refractivity contribution < 1.29 is 9.53 Å². The summed E-state index contributed by atoms with van der Waals surface area (Å²) in [6, 6.07) is 13.5. The summed E-state index contributed by atoms with van der Waals surface area (Å²) >= 11 is 0. The molecule has 8 heteroatoms. The lowest BCUT2D eigenvalue weighted by Crippen LogP contribution is -2.36. The molecule has 1 N–H and O–H groups in total. The van der Waals surface area contributed by atoms with Crippen LogP contribution in [0.4, 0.5) is 11.5 Å². The normalized spacial score (nSPS) is 15.7. The maximum absolute atomic E-state index is 12.1. The molecule has 166 valence electrons. The number of benzene rings is 1. The van der Waals surface area contributed by atoms with Gasteiger partial charge < -0.3 is 15.0 Å². The third-order valence-electron chi connectivity index (χ3n) is 5.85. The van der Waals surface area contributed by atoms with Gasteiger partial charge in [-0.15, -0.1) is 0 Å². The molecule has 8 nitrogen and oxygen atoms in total. The fraction of sp³-hybridized carbons (Fsp3) is 0.320. The van der Waals surface area contributed by atoms with Gasteiger partial charge in [-0.05, 0) is 42.7 Å². The molecule has 1 aliphatic heterocycles. The first-order chi connectivity index (χ1) is 16.2. The molecule has 1 saturated carbocycles. The minimum Gasteiger partial charge on any atom is -0.378 e. The van der Waals surface area contributed by atoms with Crippen LogP contribution in [0.1, 0.15) is 29.8 Å². The summed E-state index contributed by atoms with van der Waals surface area (Å²) in [5.41, 5.74) is 3.53. The van der Waals surface area contributed by atoms with Crippen molar-refractivity contribution in [2.24, 2.45) is 5.92 Å². The first-order valence-electron chi connectivity index (χ1n) is 11.1. The van der Waals surface area contributed by atoms with Crippen molar-refractivity contribution in [2.75, 3.05) is 36.5 Å². The highest BCUT2D eigenvalue weighted by Crippen LogP contribution is 2.31. The fourth-order valence-electron chi connectivity index (χ4n) is 3.81. The van der Waals surface area contributed by atoms with Gasteiger partial charge in [0.25, 0.3) is 0 Å². The van der Waals surface area contributed by atoms with E-state index in [1.807, 2.05) is 24.4 Å². The van der Waals surface area contributed by atoms with Crippen LogP contribution in [0.2, 0.25) is 0 Å². The average Bonchev–Trinajstić information content (AvgIpc) is 3.71. The van der Waals surface area contributed by atoms with Crippen LogP contribution >= 0.6 is 0 Å². The lowest BCUT2D eigenvalue weighted by atomic mass is 10.1. The van der Waals surface area contributed by atoms with E-state index in [9.17, 15) is 10.1 Å². The molecule has 5 rings (SSSR count). The quantitative estimate of drug-likeness (QED) is 0.628. The van der Waals surface area contributed by atoms with Crippen LogP contribution in [0, 0.1) is 17.2 Å². The molecule has 0 bridgehead atoms. The van der Waals surface area contributed by atoms with Crippen LogP contribution in [0.3, 0.4) is 0 Å². The molecule has 2 aliphatic rings. The van der Waals surface area contributed by atoms with Crippen molar-refractivity contribution in [3.63, 3.8) is 0 Å². The second-order valence-electron chi connectivity index (χ2n) is 8.29. The van der Waals surface area contributed by atoms with E-state index < -0.39 is 0 Å². The van der Waals surface area contributed by atoms with Crippen LogP contribution < -0.4 is 10.2 Å². The third kappa shape index (κ3) is 4.99. The van der Waals surface area contributed by atoms with Crippen LogP contribution in [-0.2, 0) is 16.0 Å². The molecule has 1 aliphatic carbocycles. The van der Waals surface area contributed by atoms with Crippen molar-refractivity contribution in [1.29, 1.82) is 5.26 Å². The van der Waals surface area contributed by atoms with Gasteiger partial charge in [-0.25, -0.2) is 15.0 Å². The Labute approximate surface area is 192 Å². The summed E-state index contributed by atoms with van der Waals surface area (Å²) in [6.45, 7) is 3.16. The van der Waals surface area contributed by atoms with E-state index in [4.69, 9.17) is 9.72 Å². The smallest absolute Gasteiger partial charge is 0.227 e. The monoisotopic (exact) mass is 440 g/mol. The van der Waals surface area contributed by atoms with Gasteiger partial charge in [0.1, 0.15) is 17.7 Å². The number of hydrogen-bond acceptors (Lipinski definition) is 7. The molecule has 0 radical (unpaired) electrons. The number of nitrogens with one attached hydrogen (secondary N) is 1. The van der Waals surface area contributed by atoms with Crippen molar-refractivity contribution in [3.05, 3.63) is 65.7 Å². The Kier molecular flexibility index (Phi) is 5.96. The number of aromatic nitrogens is 3. The van der Waals surface area contributed by atoms with E-state index in [0.29, 0.717) is 23.5 Å². The Hall–Kier alpha value is -3.83. The molecule has 1 amide bonds. The van der Waals surface area contributed by atoms with E-state index in [-0.39, 0.29) is 11.8 Å². The molecule has 0 spiro atoms. The lowest BCUT2D eigenvalue weighted by Gasteiger charge is -2.27. The highest BCUT2D eigenvalue weighted by Gasteiger charge is 2.30. The molecule has 3 heterocycles. The zero-order valence-electron chi connectivity index (χ0n) is 18.2. The summed E-state index contributed by atoms with van der Waals surface area (Å²) in [5.74, 6) is 1.70. The minimum atomic E-state index is -0.0168. The van der Waals surface area contributed by atoms with Crippen LogP contribution in [0.15, 0.2) is 48.8 Å². The average molecular weight is 441 g/mol. The van der Waals surface area contributed by atoms with Crippen molar-refractivity contribution in [2.45, 2.75) is 19.3 Å².